The number of nitrogens with one attached hydrogen (secondary N) is 1. The first-order chi connectivity index (χ1) is 10.4. The molecule has 1 N–H and O–H groups in total. The average molecular weight is 315 g/mol. The molecule has 2 aromatic rings. The van der Waals surface area contributed by atoms with Gasteiger partial charge in [-0.05, 0) is 6.42 Å². The molecule has 0 bridgehead atoms. The highest BCUT2D eigenvalue weighted by atomic mass is 19.2. The lowest BCUT2D eigenvalue weighted by Gasteiger charge is -2.07. The first-order valence-corrected chi connectivity index (χ1v) is 6.56. The van der Waals surface area contributed by atoms with Crippen LogP contribution in [-0.4, -0.2) is 15.7 Å². The summed E-state index contributed by atoms with van der Waals surface area (Å²) in [6, 6.07) is 0.279. The normalized spacial score (nSPS) is 10.8. The number of benzene rings is 1. The van der Waals surface area contributed by atoms with Crippen LogP contribution in [0.5, 0.6) is 0 Å². The third-order valence-corrected chi connectivity index (χ3v) is 2.92. The van der Waals surface area contributed by atoms with E-state index in [1.807, 2.05) is 6.92 Å². The minimum Gasteiger partial charge on any atom is -0.323 e. The van der Waals surface area contributed by atoms with Gasteiger partial charge in [0.1, 0.15) is 5.82 Å². The topological polar surface area (TPSA) is 46.9 Å². The van der Waals surface area contributed by atoms with E-state index in [1.54, 1.807) is 0 Å². The summed E-state index contributed by atoms with van der Waals surface area (Å²) in [5, 5.41) is 6.37. The maximum Gasteiger partial charge on any atom is 0.224 e. The fourth-order valence-electron chi connectivity index (χ4n) is 1.88. The highest BCUT2D eigenvalue weighted by molar-refractivity contribution is 5.90. The number of nitrogens with zero attached hydrogens (tertiary/aromatic N) is 2. The Kier molecular flexibility index (Phi) is 4.79. The number of anilines is 1. The van der Waals surface area contributed by atoms with Crippen LogP contribution in [-0.2, 0) is 11.3 Å². The van der Waals surface area contributed by atoms with Gasteiger partial charge in [-0.3, -0.25) is 9.48 Å². The van der Waals surface area contributed by atoms with Gasteiger partial charge in [-0.15, -0.1) is 0 Å². The second kappa shape index (κ2) is 6.59. The molecule has 0 spiro atoms. The van der Waals surface area contributed by atoms with Crippen LogP contribution in [0.25, 0.3) is 0 Å². The van der Waals surface area contributed by atoms with Crippen molar-refractivity contribution in [3.8, 4) is 0 Å². The molecule has 2 rings (SSSR count). The third kappa shape index (κ3) is 3.44. The number of hydrogen-bond donors (Lipinski definition) is 1. The van der Waals surface area contributed by atoms with Crippen molar-refractivity contribution < 1.29 is 22.4 Å². The number of carbonyl (C=O) groups excluding carboxylic acids is 1. The van der Waals surface area contributed by atoms with Crippen LogP contribution in [0.3, 0.4) is 0 Å². The maximum atomic E-state index is 13.6. The van der Waals surface area contributed by atoms with Crippen molar-refractivity contribution >= 4 is 11.6 Å². The van der Waals surface area contributed by atoms with Gasteiger partial charge in [0.25, 0.3) is 0 Å². The standard InChI is InChI=1S/C14H13F4N3O/c1-2-3-12(22)20-8-5-19-21(6-8)7-9-10(15)4-11(16)14(18)13(9)17/h4-6H,2-3,7H2,1H3,(H,20,22). The number of rotatable bonds is 5. The van der Waals surface area contributed by atoms with Gasteiger partial charge in [-0.25, -0.2) is 17.6 Å². The fourth-order valence-corrected chi connectivity index (χ4v) is 1.88. The molecule has 0 aliphatic rings. The second-order valence-corrected chi connectivity index (χ2v) is 4.67. The second-order valence-electron chi connectivity index (χ2n) is 4.67. The molecule has 22 heavy (non-hydrogen) atoms. The van der Waals surface area contributed by atoms with E-state index >= 15 is 0 Å². The SMILES string of the molecule is CCCC(=O)Nc1cnn(Cc2c(F)cc(F)c(F)c2F)c1. The van der Waals surface area contributed by atoms with Crippen molar-refractivity contribution in [3.63, 3.8) is 0 Å². The average Bonchev–Trinajstić information content (AvgIpc) is 2.89. The van der Waals surface area contributed by atoms with E-state index in [4.69, 9.17) is 0 Å². The van der Waals surface area contributed by atoms with Crippen LogP contribution in [0.1, 0.15) is 25.3 Å². The summed E-state index contributed by atoms with van der Waals surface area (Å²) in [5.74, 6) is -6.34. The van der Waals surface area contributed by atoms with Crippen LogP contribution in [0.2, 0.25) is 0 Å². The monoisotopic (exact) mass is 315 g/mol. The Balaban J connectivity index is 2.17. The Bertz CT molecular complexity index is 700. The molecule has 0 atom stereocenters. The van der Waals surface area contributed by atoms with Gasteiger partial charge in [-0.1, -0.05) is 6.92 Å². The largest absolute Gasteiger partial charge is 0.323 e. The number of aromatic nitrogens is 2. The van der Waals surface area contributed by atoms with Gasteiger partial charge in [0.15, 0.2) is 17.5 Å². The third-order valence-electron chi connectivity index (χ3n) is 2.92. The molecule has 0 aliphatic heterocycles. The highest BCUT2D eigenvalue weighted by Crippen LogP contribution is 2.20. The Morgan fingerprint density at radius 1 is 1.23 bits per heavy atom. The predicted octanol–water partition coefficient (Wildman–Crippen LogP) is 3.23. The number of hydrogen-bond acceptors (Lipinski definition) is 2. The van der Waals surface area contributed by atoms with Crippen molar-refractivity contribution in [1.82, 2.24) is 9.78 Å². The van der Waals surface area contributed by atoms with E-state index in [2.05, 4.69) is 10.4 Å². The highest BCUT2D eigenvalue weighted by Gasteiger charge is 2.19. The minimum atomic E-state index is -1.74. The van der Waals surface area contributed by atoms with Gasteiger partial charge in [0.2, 0.25) is 5.91 Å². The predicted molar refractivity (Wildman–Crippen MR) is 71.1 cm³/mol. The Morgan fingerprint density at radius 3 is 2.64 bits per heavy atom. The van der Waals surface area contributed by atoms with Crippen LogP contribution in [0.15, 0.2) is 18.5 Å². The van der Waals surface area contributed by atoms with Crippen molar-refractivity contribution in [2.45, 2.75) is 26.3 Å². The molecule has 0 saturated heterocycles. The van der Waals surface area contributed by atoms with Crippen molar-refractivity contribution in [1.29, 1.82) is 0 Å². The van der Waals surface area contributed by atoms with E-state index < -0.39 is 35.4 Å². The zero-order valence-corrected chi connectivity index (χ0v) is 11.7. The van der Waals surface area contributed by atoms with Gasteiger partial charge >= 0.3 is 0 Å². The van der Waals surface area contributed by atoms with Crippen LogP contribution < -0.4 is 5.32 Å². The lowest BCUT2D eigenvalue weighted by Crippen LogP contribution is -2.10. The Hall–Kier alpha value is -2.38. The molecule has 0 fully saturated rings. The van der Waals surface area contributed by atoms with Crippen molar-refractivity contribution in [2.24, 2.45) is 0 Å². The number of carbonyl (C=O) groups is 1. The fraction of sp³-hybridized carbons (Fsp3) is 0.286. The van der Waals surface area contributed by atoms with Gasteiger partial charge < -0.3 is 5.32 Å². The molecule has 0 radical (unpaired) electrons. The molecule has 0 saturated carbocycles. The summed E-state index contributed by atoms with van der Waals surface area (Å²) in [4.78, 5) is 11.4. The molecular weight excluding hydrogens is 302 g/mol. The first-order valence-electron chi connectivity index (χ1n) is 6.56. The summed E-state index contributed by atoms with van der Waals surface area (Å²) in [7, 11) is 0. The molecule has 0 aliphatic carbocycles. The zero-order valence-electron chi connectivity index (χ0n) is 11.7. The van der Waals surface area contributed by atoms with Crippen LogP contribution in [0, 0.1) is 23.3 Å². The van der Waals surface area contributed by atoms with Gasteiger partial charge in [-0.2, -0.15) is 5.10 Å². The van der Waals surface area contributed by atoms with Gasteiger partial charge in [0.05, 0.1) is 18.4 Å². The molecule has 4 nitrogen and oxygen atoms in total. The summed E-state index contributed by atoms with van der Waals surface area (Å²) < 4.78 is 54.2. The van der Waals surface area contributed by atoms with Gasteiger partial charge in [0, 0.05) is 24.2 Å². The summed E-state index contributed by atoms with van der Waals surface area (Å²) >= 11 is 0. The smallest absolute Gasteiger partial charge is 0.224 e. The molecule has 1 aromatic heterocycles. The number of halogens is 4. The van der Waals surface area contributed by atoms with Crippen molar-refractivity contribution in [3.05, 3.63) is 47.3 Å². The quantitative estimate of drug-likeness (QED) is 0.523. The van der Waals surface area contributed by atoms with E-state index in [1.165, 1.54) is 12.4 Å². The molecule has 0 unspecified atom stereocenters. The summed E-state index contributed by atoms with van der Waals surface area (Å²) in [5.41, 5.74) is -0.296. The lowest BCUT2D eigenvalue weighted by atomic mass is 10.2. The zero-order chi connectivity index (χ0) is 16.3. The summed E-state index contributed by atoms with van der Waals surface area (Å²) in [6.07, 6.45) is 3.64. The van der Waals surface area contributed by atoms with E-state index in [0.717, 1.165) is 4.68 Å². The molecule has 1 amide bonds. The molecule has 1 heterocycles. The van der Waals surface area contributed by atoms with E-state index in [9.17, 15) is 22.4 Å². The Morgan fingerprint density at radius 2 is 1.95 bits per heavy atom. The maximum absolute atomic E-state index is 13.6. The molecule has 1 aromatic carbocycles. The van der Waals surface area contributed by atoms with Crippen LogP contribution >= 0.6 is 0 Å². The minimum absolute atomic E-state index is 0.216. The summed E-state index contributed by atoms with van der Waals surface area (Å²) in [6.45, 7) is 1.41. The van der Waals surface area contributed by atoms with Crippen molar-refractivity contribution in [2.75, 3.05) is 5.32 Å². The first kappa shape index (κ1) is 16.0. The molecule has 118 valence electrons. The number of amides is 1. The Labute approximate surface area is 123 Å². The molecule has 8 heteroatoms. The molecular formula is C14H13F4N3O. The lowest BCUT2D eigenvalue weighted by molar-refractivity contribution is -0.116. The van der Waals surface area contributed by atoms with Crippen LogP contribution in [0.4, 0.5) is 23.2 Å². The van der Waals surface area contributed by atoms with E-state index in [-0.39, 0.29) is 12.0 Å². The van der Waals surface area contributed by atoms with E-state index in [0.29, 0.717) is 18.5 Å².